The standard InChI is InChI=1S/C12H20N2O2/c1-2-3-10(8-13)11(16)14-9-12(4-5-12)6-7-15/h10,15H,2-7,9H2,1H3,(H,14,16). The van der Waals surface area contributed by atoms with Crippen LogP contribution in [0.1, 0.15) is 39.0 Å². The van der Waals surface area contributed by atoms with Gasteiger partial charge in [-0.15, -0.1) is 0 Å². The molecule has 0 bridgehead atoms. The first kappa shape index (κ1) is 13.0. The van der Waals surface area contributed by atoms with Crippen LogP contribution in [0.5, 0.6) is 0 Å². The molecule has 16 heavy (non-hydrogen) atoms. The second kappa shape index (κ2) is 5.86. The van der Waals surface area contributed by atoms with Gasteiger partial charge in [-0.3, -0.25) is 4.79 Å². The molecule has 1 unspecified atom stereocenters. The van der Waals surface area contributed by atoms with Crippen molar-refractivity contribution < 1.29 is 9.90 Å². The average molecular weight is 224 g/mol. The molecule has 1 fully saturated rings. The number of nitrogens with one attached hydrogen (secondary N) is 1. The first-order valence-electron chi connectivity index (χ1n) is 5.95. The number of hydrogen-bond acceptors (Lipinski definition) is 3. The summed E-state index contributed by atoms with van der Waals surface area (Å²) in [7, 11) is 0. The Morgan fingerprint density at radius 1 is 1.62 bits per heavy atom. The van der Waals surface area contributed by atoms with E-state index in [-0.39, 0.29) is 17.9 Å². The lowest BCUT2D eigenvalue weighted by Crippen LogP contribution is -2.35. The molecular formula is C12H20N2O2. The van der Waals surface area contributed by atoms with Crippen molar-refractivity contribution >= 4 is 5.91 Å². The van der Waals surface area contributed by atoms with Crippen molar-refractivity contribution in [2.24, 2.45) is 11.3 Å². The normalized spacial score (nSPS) is 18.6. The lowest BCUT2D eigenvalue weighted by atomic mass is 10.0. The minimum atomic E-state index is -0.519. The van der Waals surface area contributed by atoms with Gasteiger partial charge in [0.15, 0.2) is 0 Å². The monoisotopic (exact) mass is 224 g/mol. The van der Waals surface area contributed by atoms with Crippen LogP contribution in [0.15, 0.2) is 0 Å². The quantitative estimate of drug-likeness (QED) is 0.682. The zero-order valence-corrected chi connectivity index (χ0v) is 9.83. The summed E-state index contributed by atoms with van der Waals surface area (Å²) in [5.74, 6) is -0.677. The Morgan fingerprint density at radius 2 is 2.31 bits per heavy atom. The molecule has 0 aromatic rings. The Balaban J connectivity index is 2.32. The summed E-state index contributed by atoms with van der Waals surface area (Å²) in [4.78, 5) is 11.6. The van der Waals surface area contributed by atoms with Crippen molar-refractivity contribution in [3.8, 4) is 6.07 Å². The summed E-state index contributed by atoms with van der Waals surface area (Å²) >= 11 is 0. The van der Waals surface area contributed by atoms with Crippen molar-refractivity contribution in [2.75, 3.05) is 13.2 Å². The molecule has 0 spiro atoms. The highest BCUT2D eigenvalue weighted by Gasteiger charge is 2.42. The van der Waals surface area contributed by atoms with Crippen LogP contribution >= 0.6 is 0 Å². The van der Waals surface area contributed by atoms with E-state index in [1.165, 1.54) is 0 Å². The molecule has 0 aromatic carbocycles. The number of rotatable bonds is 7. The second-order valence-electron chi connectivity index (χ2n) is 4.66. The number of carbonyl (C=O) groups is 1. The predicted octanol–water partition coefficient (Wildman–Crippen LogP) is 1.21. The molecule has 0 aromatic heterocycles. The highest BCUT2D eigenvalue weighted by Crippen LogP contribution is 2.47. The highest BCUT2D eigenvalue weighted by molar-refractivity contribution is 5.81. The maximum Gasteiger partial charge on any atom is 0.237 e. The van der Waals surface area contributed by atoms with Crippen molar-refractivity contribution in [3.05, 3.63) is 0 Å². The smallest absolute Gasteiger partial charge is 0.237 e. The van der Waals surface area contributed by atoms with E-state index in [4.69, 9.17) is 10.4 Å². The molecule has 1 rings (SSSR count). The Labute approximate surface area is 96.6 Å². The number of aliphatic hydroxyl groups excluding tert-OH is 1. The maximum absolute atomic E-state index is 11.6. The van der Waals surface area contributed by atoms with E-state index in [9.17, 15) is 4.79 Å². The largest absolute Gasteiger partial charge is 0.396 e. The summed E-state index contributed by atoms with van der Waals surface area (Å²) in [6.07, 6.45) is 4.35. The van der Waals surface area contributed by atoms with Crippen LogP contribution in [0.2, 0.25) is 0 Å². The first-order valence-corrected chi connectivity index (χ1v) is 5.95. The molecule has 0 saturated heterocycles. The van der Waals surface area contributed by atoms with Gasteiger partial charge in [0.05, 0.1) is 6.07 Å². The number of aliphatic hydroxyl groups is 1. The molecule has 0 heterocycles. The lowest BCUT2D eigenvalue weighted by molar-refractivity contribution is -0.123. The Bertz CT molecular complexity index is 279. The molecule has 90 valence electrons. The predicted molar refractivity (Wildman–Crippen MR) is 60.4 cm³/mol. The molecule has 4 heteroatoms. The van der Waals surface area contributed by atoms with E-state index >= 15 is 0 Å². The zero-order chi connectivity index (χ0) is 12.0. The van der Waals surface area contributed by atoms with Gasteiger partial charge in [0, 0.05) is 13.2 Å². The summed E-state index contributed by atoms with van der Waals surface area (Å²) in [6, 6.07) is 2.03. The van der Waals surface area contributed by atoms with E-state index < -0.39 is 5.92 Å². The van der Waals surface area contributed by atoms with Gasteiger partial charge >= 0.3 is 0 Å². The third-order valence-corrected chi connectivity index (χ3v) is 3.29. The average Bonchev–Trinajstić information content (AvgIpc) is 3.04. The molecule has 1 amide bonds. The Hall–Kier alpha value is -1.08. The highest BCUT2D eigenvalue weighted by atomic mass is 16.3. The van der Waals surface area contributed by atoms with Gasteiger partial charge in [0.2, 0.25) is 5.91 Å². The molecular weight excluding hydrogens is 204 g/mol. The second-order valence-corrected chi connectivity index (χ2v) is 4.66. The third kappa shape index (κ3) is 3.49. The Morgan fingerprint density at radius 3 is 2.75 bits per heavy atom. The molecule has 0 aliphatic heterocycles. The van der Waals surface area contributed by atoms with Gasteiger partial charge in [-0.05, 0) is 31.1 Å². The summed E-state index contributed by atoms with van der Waals surface area (Å²) in [5, 5.41) is 20.5. The fourth-order valence-corrected chi connectivity index (χ4v) is 1.87. The number of hydrogen-bond donors (Lipinski definition) is 2. The maximum atomic E-state index is 11.6. The van der Waals surface area contributed by atoms with Gasteiger partial charge in [-0.1, -0.05) is 13.3 Å². The van der Waals surface area contributed by atoms with Gasteiger partial charge in [0.25, 0.3) is 0 Å². The van der Waals surface area contributed by atoms with Crippen LogP contribution in [0.25, 0.3) is 0 Å². The molecule has 4 nitrogen and oxygen atoms in total. The number of amides is 1. The van der Waals surface area contributed by atoms with Crippen LogP contribution < -0.4 is 5.32 Å². The van der Waals surface area contributed by atoms with Gasteiger partial charge < -0.3 is 10.4 Å². The lowest BCUT2D eigenvalue weighted by Gasteiger charge is -2.16. The number of carbonyl (C=O) groups excluding carboxylic acids is 1. The molecule has 1 saturated carbocycles. The minimum absolute atomic E-state index is 0.122. The fourth-order valence-electron chi connectivity index (χ4n) is 1.87. The number of nitriles is 1. The molecule has 1 aliphatic carbocycles. The molecule has 1 aliphatic rings. The summed E-state index contributed by atoms with van der Waals surface area (Å²) < 4.78 is 0. The van der Waals surface area contributed by atoms with Crippen molar-refractivity contribution in [3.63, 3.8) is 0 Å². The van der Waals surface area contributed by atoms with Crippen molar-refractivity contribution in [1.82, 2.24) is 5.32 Å². The van der Waals surface area contributed by atoms with Crippen molar-refractivity contribution in [2.45, 2.75) is 39.0 Å². The molecule has 0 radical (unpaired) electrons. The fraction of sp³-hybridized carbons (Fsp3) is 0.833. The van der Waals surface area contributed by atoms with Crippen LogP contribution in [0, 0.1) is 22.7 Å². The van der Waals surface area contributed by atoms with E-state index in [0.29, 0.717) is 13.0 Å². The van der Waals surface area contributed by atoms with Crippen LogP contribution in [-0.2, 0) is 4.79 Å². The molecule has 2 N–H and O–H groups in total. The first-order chi connectivity index (χ1) is 7.67. The third-order valence-electron chi connectivity index (χ3n) is 3.29. The summed E-state index contributed by atoms with van der Waals surface area (Å²) in [5.41, 5.74) is 0.122. The summed E-state index contributed by atoms with van der Waals surface area (Å²) in [6.45, 7) is 2.74. The zero-order valence-electron chi connectivity index (χ0n) is 9.83. The minimum Gasteiger partial charge on any atom is -0.396 e. The van der Waals surface area contributed by atoms with Crippen LogP contribution in [0.3, 0.4) is 0 Å². The number of nitrogens with zero attached hydrogens (tertiary/aromatic N) is 1. The van der Waals surface area contributed by atoms with E-state index in [0.717, 1.165) is 25.7 Å². The van der Waals surface area contributed by atoms with E-state index in [2.05, 4.69) is 5.32 Å². The van der Waals surface area contributed by atoms with Gasteiger partial charge in [-0.25, -0.2) is 0 Å². The molecule has 1 atom stereocenters. The van der Waals surface area contributed by atoms with E-state index in [1.54, 1.807) is 0 Å². The van der Waals surface area contributed by atoms with Crippen molar-refractivity contribution in [1.29, 1.82) is 5.26 Å². The van der Waals surface area contributed by atoms with E-state index in [1.807, 2.05) is 13.0 Å². The van der Waals surface area contributed by atoms with Gasteiger partial charge in [0.1, 0.15) is 5.92 Å². The SMILES string of the molecule is CCCC(C#N)C(=O)NCC1(CCO)CC1. The van der Waals surface area contributed by atoms with Crippen LogP contribution in [0.4, 0.5) is 0 Å². The topological polar surface area (TPSA) is 73.1 Å². The van der Waals surface area contributed by atoms with Crippen LogP contribution in [-0.4, -0.2) is 24.2 Å². The Kier molecular flexibility index (Phi) is 4.75. The van der Waals surface area contributed by atoms with Gasteiger partial charge in [-0.2, -0.15) is 5.26 Å².